The van der Waals surface area contributed by atoms with Crippen LogP contribution in [0.5, 0.6) is 0 Å². The Labute approximate surface area is 94.1 Å². The molecule has 2 rings (SSSR count). The highest BCUT2D eigenvalue weighted by molar-refractivity contribution is 5.94. The predicted octanol–water partition coefficient (Wildman–Crippen LogP) is 2.01. The SMILES string of the molecule is Cc1cncc(C(=O)N[C@@H]2CC[C@@H](F)C2)c1. The summed E-state index contributed by atoms with van der Waals surface area (Å²) in [5.74, 6) is -0.157. The van der Waals surface area contributed by atoms with Gasteiger partial charge in [0.25, 0.3) is 5.91 Å². The van der Waals surface area contributed by atoms with E-state index >= 15 is 0 Å². The highest BCUT2D eigenvalue weighted by Crippen LogP contribution is 2.22. The Morgan fingerprint density at radius 3 is 2.94 bits per heavy atom. The standard InChI is InChI=1S/C12H15FN2O/c1-8-4-9(7-14-6-8)12(16)15-11-3-2-10(13)5-11/h4,6-7,10-11H,2-3,5H2,1H3,(H,15,16)/t10-,11-/m1/s1. The van der Waals surface area contributed by atoms with E-state index in [1.165, 1.54) is 6.20 Å². The van der Waals surface area contributed by atoms with E-state index in [-0.39, 0.29) is 11.9 Å². The van der Waals surface area contributed by atoms with Crippen LogP contribution in [0.4, 0.5) is 4.39 Å². The summed E-state index contributed by atoms with van der Waals surface area (Å²) in [5.41, 5.74) is 1.49. The number of hydrogen-bond donors (Lipinski definition) is 1. The number of nitrogens with one attached hydrogen (secondary N) is 1. The third kappa shape index (κ3) is 2.56. The summed E-state index contributed by atoms with van der Waals surface area (Å²) in [6.07, 6.45) is 4.18. The summed E-state index contributed by atoms with van der Waals surface area (Å²) in [5, 5.41) is 2.83. The van der Waals surface area contributed by atoms with Gasteiger partial charge in [0.1, 0.15) is 6.17 Å². The first-order valence-electron chi connectivity index (χ1n) is 5.52. The van der Waals surface area contributed by atoms with Crippen LogP contribution in [0, 0.1) is 6.92 Å². The normalized spacial score (nSPS) is 24.4. The first kappa shape index (κ1) is 11.0. The summed E-state index contributed by atoms with van der Waals surface area (Å²) >= 11 is 0. The maximum absolute atomic E-state index is 12.9. The number of rotatable bonds is 2. The molecule has 1 aliphatic carbocycles. The molecule has 1 heterocycles. The minimum atomic E-state index is -0.763. The Balaban J connectivity index is 1.98. The fraction of sp³-hybridized carbons (Fsp3) is 0.500. The molecule has 2 atom stereocenters. The van der Waals surface area contributed by atoms with E-state index in [4.69, 9.17) is 0 Å². The maximum Gasteiger partial charge on any atom is 0.253 e. The van der Waals surface area contributed by atoms with E-state index < -0.39 is 6.17 Å². The average molecular weight is 222 g/mol. The first-order chi connectivity index (χ1) is 7.65. The van der Waals surface area contributed by atoms with Gasteiger partial charge in [-0.05, 0) is 37.8 Å². The second-order valence-corrected chi connectivity index (χ2v) is 4.33. The van der Waals surface area contributed by atoms with Crippen molar-refractivity contribution in [3.05, 3.63) is 29.6 Å². The largest absolute Gasteiger partial charge is 0.349 e. The van der Waals surface area contributed by atoms with E-state index in [0.29, 0.717) is 18.4 Å². The molecule has 86 valence electrons. The zero-order chi connectivity index (χ0) is 11.5. The van der Waals surface area contributed by atoms with Crippen LogP contribution in [0.25, 0.3) is 0 Å². The van der Waals surface area contributed by atoms with Gasteiger partial charge in [-0.1, -0.05) is 0 Å². The molecule has 0 radical (unpaired) electrons. The van der Waals surface area contributed by atoms with Gasteiger partial charge in [-0.25, -0.2) is 4.39 Å². The number of halogens is 1. The van der Waals surface area contributed by atoms with Crippen molar-refractivity contribution in [2.24, 2.45) is 0 Å². The van der Waals surface area contributed by atoms with E-state index in [9.17, 15) is 9.18 Å². The lowest BCUT2D eigenvalue weighted by Gasteiger charge is -2.11. The molecule has 1 aromatic heterocycles. The van der Waals surface area contributed by atoms with E-state index in [2.05, 4.69) is 10.3 Å². The molecule has 0 unspecified atom stereocenters. The van der Waals surface area contributed by atoms with Crippen LogP contribution in [0.2, 0.25) is 0 Å². The van der Waals surface area contributed by atoms with Gasteiger partial charge in [0.2, 0.25) is 0 Å². The van der Waals surface area contributed by atoms with Crippen LogP contribution in [-0.4, -0.2) is 23.1 Å². The number of amides is 1. The maximum atomic E-state index is 12.9. The molecule has 0 bridgehead atoms. The Morgan fingerprint density at radius 1 is 1.50 bits per heavy atom. The van der Waals surface area contributed by atoms with Crippen molar-refractivity contribution < 1.29 is 9.18 Å². The third-order valence-corrected chi connectivity index (χ3v) is 2.84. The second-order valence-electron chi connectivity index (χ2n) is 4.33. The van der Waals surface area contributed by atoms with E-state index in [1.54, 1.807) is 12.3 Å². The predicted molar refractivity (Wildman–Crippen MR) is 59.0 cm³/mol. The molecule has 1 aromatic rings. The molecule has 1 amide bonds. The van der Waals surface area contributed by atoms with E-state index in [0.717, 1.165) is 12.0 Å². The molecule has 0 aliphatic heterocycles. The molecule has 16 heavy (non-hydrogen) atoms. The molecule has 1 aliphatic rings. The van der Waals surface area contributed by atoms with Gasteiger partial charge >= 0.3 is 0 Å². The molecule has 4 heteroatoms. The van der Waals surface area contributed by atoms with Gasteiger partial charge in [0.05, 0.1) is 5.56 Å². The quantitative estimate of drug-likeness (QED) is 0.831. The monoisotopic (exact) mass is 222 g/mol. The van der Waals surface area contributed by atoms with Crippen LogP contribution in [0.15, 0.2) is 18.5 Å². The van der Waals surface area contributed by atoms with Crippen molar-refractivity contribution >= 4 is 5.91 Å². The van der Waals surface area contributed by atoms with Gasteiger partial charge in [0, 0.05) is 18.4 Å². The van der Waals surface area contributed by atoms with E-state index in [1.807, 2.05) is 6.92 Å². The van der Waals surface area contributed by atoms with Crippen LogP contribution in [0.1, 0.15) is 35.2 Å². The second kappa shape index (κ2) is 4.60. The Morgan fingerprint density at radius 2 is 2.31 bits per heavy atom. The molecule has 0 aromatic carbocycles. The number of alkyl halides is 1. The van der Waals surface area contributed by atoms with Gasteiger partial charge in [-0.3, -0.25) is 9.78 Å². The van der Waals surface area contributed by atoms with Crippen molar-refractivity contribution in [2.45, 2.75) is 38.4 Å². The minimum Gasteiger partial charge on any atom is -0.349 e. The minimum absolute atomic E-state index is 0.0250. The molecule has 1 saturated carbocycles. The molecule has 0 spiro atoms. The summed E-state index contributed by atoms with van der Waals surface area (Å²) < 4.78 is 12.9. The number of carbonyl (C=O) groups excluding carboxylic acids is 1. The summed E-state index contributed by atoms with van der Waals surface area (Å²) in [6.45, 7) is 1.89. The summed E-state index contributed by atoms with van der Waals surface area (Å²) in [7, 11) is 0. The molecule has 3 nitrogen and oxygen atoms in total. The van der Waals surface area contributed by atoms with Crippen LogP contribution in [-0.2, 0) is 0 Å². The van der Waals surface area contributed by atoms with Crippen molar-refractivity contribution in [3.63, 3.8) is 0 Å². The fourth-order valence-electron chi connectivity index (χ4n) is 2.01. The van der Waals surface area contributed by atoms with Gasteiger partial charge in [0.15, 0.2) is 0 Å². The van der Waals surface area contributed by atoms with Crippen LogP contribution < -0.4 is 5.32 Å². The van der Waals surface area contributed by atoms with Gasteiger partial charge in [-0.2, -0.15) is 0 Å². The Hall–Kier alpha value is -1.45. The highest BCUT2D eigenvalue weighted by atomic mass is 19.1. The summed E-state index contributed by atoms with van der Waals surface area (Å²) in [6, 6.07) is 1.76. The van der Waals surface area contributed by atoms with Gasteiger partial charge in [-0.15, -0.1) is 0 Å². The number of nitrogens with zero attached hydrogens (tertiary/aromatic N) is 1. The molecular weight excluding hydrogens is 207 g/mol. The lowest BCUT2D eigenvalue weighted by Crippen LogP contribution is -2.33. The Kier molecular flexibility index (Phi) is 3.17. The third-order valence-electron chi connectivity index (χ3n) is 2.84. The number of hydrogen-bond acceptors (Lipinski definition) is 2. The van der Waals surface area contributed by atoms with Crippen molar-refractivity contribution in [3.8, 4) is 0 Å². The molecular formula is C12H15FN2O. The number of aromatic nitrogens is 1. The number of pyridine rings is 1. The van der Waals surface area contributed by atoms with Crippen molar-refractivity contribution in [1.29, 1.82) is 0 Å². The lowest BCUT2D eigenvalue weighted by molar-refractivity contribution is 0.0936. The fourth-order valence-corrected chi connectivity index (χ4v) is 2.01. The van der Waals surface area contributed by atoms with Crippen LogP contribution >= 0.6 is 0 Å². The number of carbonyl (C=O) groups is 1. The number of aryl methyl sites for hydroxylation is 1. The zero-order valence-corrected chi connectivity index (χ0v) is 9.24. The molecule has 1 N–H and O–H groups in total. The highest BCUT2D eigenvalue weighted by Gasteiger charge is 2.25. The average Bonchev–Trinajstić information content (AvgIpc) is 2.64. The zero-order valence-electron chi connectivity index (χ0n) is 9.24. The Bertz CT molecular complexity index is 394. The topological polar surface area (TPSA) is 42.0 Å². The van der Waals surface area contributed by atoms with Crippen molar-refractivity contribution in [1.82, 2.24) is 10.3 Å². The first-order valence-corrected chi connectivity index (χ1v) is 5.52. The smallest absolute Gasteiger partial charge is 0.253 e. The summed E-state index contributed by atoms with van der Waals surface area (Å²) in [4.78, 5) is 15.7. The van der Waals surface area contributed by atoms with Gasteiger partial charge < -0.3 is 5.32 Å². The van der Waals surface area contributed by atoms with Crippen molar-refractivity contribution in [2.75, 3.05) is 0 Å². The molecule has 1 fully saturated rings. The molecule has 0 saturated heterocycles. The lowest BCUT2D eigenvalue weighted by atomic mass is 10.2. The van der Waals surface area contributed by atoms with Crippen LogP contribution in [0.3, 0.4) is 0 Å².